The van der Waals surface area contributed by atoms with Gasteiger partial charge in [0, 0.05) is 17.7 Å². The summed E-state index contributed by atoms with van der Waals surface area (Å²) in [6.07, 6.45) is 1.07. The molecule has 1 aliphatic rings. The Hall–Kier alpha value is -3.13. The Morgan fingerprint density at radius 2 is 1.96 bits per heavy atom. The molecule has 23 heavy (non-hydrogen) atoms. The van der Waals surface area contributed by atoms with Gasteiger partial charge in [-0.15, -0.1) is 0 Å². The number of rotatable bonds is 4. The maximum atomic E-state index is 12.2. The van der Waals surface area contributed by atoms with Crippen LogP contribution in [-0.4, -0.2) is 18.3 Å². The van der Waals surface area contributed by atoms with Crippen molar-refractivity contribution in [3.63, 3.8) is 0 Å². The summed E-state index contributed by atoms with van der Waals surface area (Å²) in [5.74, 6) is 0.414. The predicted octanol–water partition coefficient (Wildman–Crippen LogP) is 2.70. The van der Waals surface area contributed by atoms with E-state index in [0.717, 1.165) is 11.3 Å². The highest BCUT2D eigenvalue weighted by Crippen LogP contribution is 2.24. The molecule has 0 bridgehead atoms. The maximum absolute atomic E-state index is 12.2. The summed E-state index contributed by atoms with van der Waals surface area (Å²) in [6, 6.07) is 13.9. The van der Waals surface area contributed by atoms with Gasteiger partial charge in [-0.3, -0.25) is 9.59 Å². The van der Waals surface area contributed by atoms with Gasteiger partial charge in [-0.1, -0.05) is 0 Å². The third-order valence-electron chi connectivity index (χ3n) is 3.68. The molecular weight excluding hydrogens is 292 g/mol. The van der Waals surface area contributed by atoms with Crippen LogP contribution in [0, 0.1) is 11.3 Å². The number of amides is 1. The van der Waals surface area contributed by atoms with Crippen LogP contribution in [0.2, 0.25) is 0 Å². The molecule has 0 radical (unpaired) electrons. The van der Waals surface area contributed by atoms with E-state index in [1.807, 2.05) is 6.07 Å². The zero-order chi connectivity index (χ0) is 16.2. The Labute approximate surface area is 133 Å². The topological polar surface area (TPSA) is 79.2 Å². The van der Waals surface area contributed by atoms with Gasteiger partial charge in [-0.2, -0.15) is 5.26 Å². The summed E-state index contributed by atoms with van der Waals surface area (Å²) in [4.78, 5) is 23.6. The molecule has 0 unspecified atom stereocenters. The first-order valence-corrected chi connectivity index (χ1v) is 7.24. The summed E-state index contributed by atoms with van der Waals surface area (Å²) in [5, 5.41) is 11.5. The molecule has 0 fully saturated rings. The van der Waals surface area contributed by atoms with Crippen LogP contribution in [0.15, 0.2) is 42.5 Å². The van der Waals surface area contributed by atoms with Gasteiger partial charge in [0.2, 0.25) is 5.91 Å². The fourth-order valence-corrected chi connectivity index (χ4v) is 2.41. The van der Waals surface area contributed by atoms with Crippen LogP contribution in [-0.2, 0) is 11.2 Å². The number of fused-ring (bicyclic) bond motifs is 1. The van der Waals surface area contributed by atoms with Crippen molar-refractivity contribution in [1.29, 1.82) is 5.26 Å². The molecule has 0 spiro atoms. The SMILES string of the molecule is N#Cc1ccc(OCC(=O)c2ccc3c(c2)CCC(=O)N3)cc1. The van der Waals surface area contributed by atoms with E-state index in [4.69, 9.17) is 10.00 Å². The van der Waals surface area contributed by atoms with E-state index in [2.05, 4.69) is 5.32 Å². The molecule has 0 saturated heterocycles. The summed E-state index contributed by atoms with van der Waals surface area (Å²) in [6.45, 7) is -0.0724. The monoisotopic (exact) mass is 306 g/mol. The number of carbonyl (C=O) groups excluding carboxylic acids is 2. The highest BCUT2D eigenvalue weighted by atomic mass is 16.5. The first kappa shape index (κ1) is 14.8. The molecule has 0 aliphatic carbocycles. The minimum Gasteiger partial charge on any atom is -0.485 e. The summed E-state index contributed by atoms with van der Waals surface area (Å²) >= 11 is 0. The van der Waals surface area contributed by atoms with Crippen LogP contribution >= 0.6 is 0 Å². The van der Waals surface area contributed by atoms with E-state index in [9.17, 15) is 9.59 Å². The van der Waals surface area contributed by atoms with Crippen molar-refractivity contribution >= 4 is 17.4 Å². The van der Waals surface area contributed by atoms with E-state index >= 15 is 0 Å². The third kappa shape index (κ3) is 3.38. The first-order valence-electron chi connectivity index (χ1n) is 7.24. The van der Waals surface area contributed by atoms with Crippen molar-refractivity contribution in [1.82, 2.24) is 0 Å². The van der Waals surface area contributed by atoms with E-state index in [1.165, 1.54) is 0 Å². The molecule has 0 saturated carbocycles. The number of nitriles is 1. The maximum Gasteiger partial charge on any atom is 0.224 e. The molecule has 1 amide bonds. The highest BCUT2D eigenvalue weighted by Gasteiger charge is 2.16. The van der Waals surface area contributed by atoms with Crippen molar-refractivity contribution < 1.29 is 14.3 Å². The minimum absolute atomic E-state index is 0.000672. The molecule has 1 heterocycles. The lowest BCUT2D eigenvalue weighted by Gasteiger charge is -2.17. The molecule has 2 aromatic carbocycles. The van der Waals surface area contributed by atoms with Gasteiger partial charge < -0.3 is 10.1 Å². The molecule has 0 atom stereocenters. The summed E-state index contributed by atoms with van der Waals surface area (Å²) < 4.78 is 5.45. The average molecular weight is 306 g/mol. The van der Waals surface area contributed by atoms with Crippen molar-refractivity contribution in [2.24, 2.45) is 0 Å². The number of hydrogen-bond donors (Lipinski definition) is 1. The van der Waals surface area contributed by atoms with Crippen molar-refractivity contribution in [2.45, 2.75) is 12.8 Å². The van der Waals surface area contributed by atoms with Gasteiger partial charge in [-0.25, -0.2) is 0 Å². The molecule has 1 N–H and O–H groups in total. The van der Waals surface area contributed by atoms with Gasteiger partial charge in [0.05, 0.1) is 11.6 Å². The van der Waals surface area contributed by atoms with Crippen LogP contribution in [0.5, 0.6) is 5.75 Å². The second-order valence-electron chi connectivity index (χ2n) is 5.27. The molecule has 0 aromatic heterocycles. The average Bonchev–Trinajstić information content (AvgIpc) is 2.59. The molecule has 114 valence electrons. The summed E-state index contributed by atoms with van der Waals surface area (Å²) in [5.41, 5.74) is 2.84. The molecule has 5 nitrogen and oxygen atoms in total. The van der Waals surface area contributed by atoms with Crippen molar-refractivity contribution in [2.75, 3.05) is 11.9 Å². The number of ketones is 1. The van der Waals surface area contributed by atoms with Gasteiger partial charge in [0.15, 0.2) is 12.4 Å². The van der Waals surface area contributed by atoms with Gasteiger partial charge in [-0.05, 0) is 54.4 Å². The van der Waals surface area contributed by atoms with Crippen LogP contribution in [0.25, 0.3) is 0 Å². The molecular formula is C18H14N2O3. The largest absolute Gasteiger partial charge is 0.485 e. The number of anilines is 1. The number of ether oxygens (including phenoxy) is 1. The molecule has 5 heteroatoms. The third-order valence-corrected chi connectivity index (χ3v) is 3.68. The Morgan fingerprint density at radius 1 is 1.17 bits per heavy atom. The Kier molecular flexibility index (Phi) is 4.07. The molecule has 1 aliphatic heterocycles. The van der Waals surface area contributed by atoms with Crippen LogP contribution in [0.1, 0.15) is 27.9 Å². The predicted molar refractivity (Wildman–Crippen MR) is 84.4 cm³/mol. The second kappa shape index (κ2) is 6.32. The number of Topliss-reactive ketones (excluding diaryl/α,β-unsaturated/α-hetero) is 1. The minimum atomic E-state index is -0.131. The van der Waals surface area contributed by atoms with E-state index < -0.39 is 0 Å². The Morgan fingerprint density at radius 3 is 2.70 bits per heavy atom. The number of nitrogens with one attached hydrogen (secondary N) is 1. The van der Waals surface area contributed by atoms with Crippen LogP contribution in [0.3, 0.4) is 0 Å². The van der Waals surface area contributed by atoms with E-state index in [0.29, 0.717) is 29.7 Å². The number of benzene rings is 2. The second-order valence-corrected chi connectivity index (χ2v) is 5.27. The normalized spacial score (nSPS) is 12.7. The van der Waals surface area contributed by atoms with Gasteiger partial charge in [0.1, 0.15) is 5.75 Å². The van der Waals surface area contributed by atoms with Gasteiger partial charge in [0.25, 0.3) is 0 Å². The fourth-order valence-electron chi connectivity index (χ4n) is 2.41. The zero-order valence-electron chi connectivity index (χ0n) is 12.3. The number of aryl methyl sites for hydroxylation is 1. The van der Waals surface area contributed by atoms with Gasteiger partial charge >= 0.3 is 0 Å². The highest BCUT2D eigenvalue weighted by molar-refractivity contribution is 5.99. The van der Waals surface area contributed by atoms with Crippen molar-refractivity contribution in [3.8, 4) is 11.8 Å². The van der Waals surface area contributed by atoms with Crippen LogP contribution in [0.4, 0.5) is 5.69 Å². The lowest BCUT2D eigenvalue weighted by molar-refractivity contribution is -0.116. The van der Waals surface area contributed by atoms with Crippen LogP contribution < -0.4 is 10.1 Å². The zero-order valence-corrected chi connectivity index (χ0v) is 12.3. The number of nitrogens with zero attached hydrogens (tertiary/aromatic N) is 1. The smallest absolute Gasteiger partial charge is 0.224 e. The molecule has 3 rings (SSSR count). The first-order chi connectivity index (χ1) is 11.2. The van der Waals surface area contributed by atoms with Crippen molar-refractivity contribution in [3.05, 3.63) is 59.2 Å². The quantitative estimate of drug-likeness (QED) is 0.881. The lowest BCUT2D eigenvalue weighted by atomic mass is 9.99. The fraction of sp³-hybridized carbons (Fsp3) is 0.167. The number of carbonyl (C=O) groups is 2. The lowest BCUT2D eigenvalue weighted by Crippen LogP contribution is -2.20. The van der Waals surface area contributed by atoms with E-state index in [1.54, 1.807) is 42.5 Å². The Balaban J connectivity index is 1.66. The number of hydrogen-bond acceptors (Lipinski definition) is 4. The standard InChI is InChI=1S/C18H14N2O3/c19-10-12-1-5-15(6-2-12)23-11-17(21)14-3-7-16-13(9-14)4-8-18(22)20-16/h1-3,5-7,9H,4,8,11H2,(H,20,22). The van der Waals surface area contributed by atoms with E-state index in [-0.39, 0.29) is 18.3 Å². The summed E-state index contributed by atoms with van der Waals surface area (Å²) in [7, 11) is 0. The molecule has 2 aromatic rings. The Bertz CT molecular complexity index is 804.